The van der Waals surface area contributed by atoms with Crippen LogP contribution in [0.4, 0.5) is 0 Å². The number of carboxylic acid groups (broad SMARTS) is 1. The van der Waals surface area contributed by atoms with Crippen molar-refractivity contribution >= 4 is 17.8 Å². The number of aliphatic carboxylic acids is 1. The van der Waals surface area contributed by atoms with E-state index >= 15 is 0 Å². The summed E-state index contributed by atoms with van der Waals surface area (Å²) in [7, 11) is 1.25. The Bertz CT molecular complexity index is 460. The number of aliphatic hydroxyl groups excluding tert-OH is 5. The van der Waals surface area contributed by atoms with Gasteiger partial charge in [-0.15, -0.1) is 0 Å². The lowest BCUT2D eigenvalue weighted by Gasteiger charge is -2.30. The maximum absolute atomic E-state index is 12.3. The van der Waals surface area contributed by atoms with Gasteiger partial charge in [0.25, 0.3) is 0 Å². The van der Waals surface area contributed by atoms with Crippen molar-refractivity contribution in [2.24, 2.45) is 0 Å². The summed E-state index contributed by atoms with van der Waals surface area (Å²) < 4.78 is 0. The highest BCUT2D eigenvalue weighted by Crippen LogP contribution is 2.08. The van der Waals surface area contributed by atoms with Gasteiger partial charge in [-0.3, -0.25) is 14.4 Å². The fourth-order valence-electron chi connectivity index (χ4n) is 2.08. The molecule has 0 aliphatic heterocycles. The van der Waals surface area contributed by atoms with E-state index in [1.807, 2.05) is 0 Å². The van der Waals surface area contributed by atoms with E-state index in [2.05, 4.69) is 5.32 Å². The highest BCUT2D eigenvalue weighted by molar-refractivity contribution is 5.87. The third kappa shape index (κ3) is 8.23. The van der Waals surface area contributed by atoms with E-state index < -0.39 is 61.4 Å². The molecule has 0 aromatic heterocycles. The van der Waals surface area contributed by atoms with Gasteiger partial charge in [-0.2, -0.15) is 0 Å². The number of rotatable bonds is 11. The highest BCUT2D eigenvalue weighted by atomic mass is 16.4. The second kappa shape index (κ2) is 10.9. The Morgan fingerprint density at radius 3 is 2.00 bits per heavy atom. The van der Waals surface area contributed by atoms with Gasteiger partial charge in [-0.1, -0.05) is 0 Å². The van der Waals surface area contributed by atoms with Crippen molar-refractivity contribution in [3.63, 3.8) is 0 Å². The van der Waals surface area contributed by atoms with Gasteiger partial charge in [-0.25, -0.2) is 0 Å². The zero-order chi connectivity index (χ0) is 19.7. The highest BCUT2D eigenvalue weighted by Gasteiger charge is 2.32. The second-order valence-corrected chi connectivity index (χ2v) is 5.70. The maximum atomic E-state index is 12.3. The van der Waals surface area contributed by atoms with Gasteiger partial charge >= 0.3 is 5.97 Å². The molecule has 5 atom stereocenters. The number of carbonyl (C=O) groups is 3. The van der Waals surface area contributed by atoms with Crippen molar-refractivity contribution in [2.45, 2.75) is 50.2 Å². The zero-order valence-corrected chi connectivity index (χ0v) is 14.1. The predicted molar refractivity (Wildman–Crippen MR) is 83.2 cm³/mol. The van der Waals surface area contributed by atoms with E-state index in [4.69, 9.17) is 10.2 Å². The van der Waals surface area contributed by atoms with Crippen LogP contribution >= 0.6 is 0 Å². The molecule has 0 aliphatic carbocycles. The molecule has 0 heterocycles. The van der Waals surface area contributed by atoms with Crippen LogP contribution in [0.1, 0.15) is 19.8 Å². The molecule has 0 radical (unpaired) electrons. The molecule has 4 unspecified atom stereocenters. The molecule has 11 nitrogen and oxygen atoms in total. The quantitative estimate of drug-likeness (QED) is 0.193. The molecule has 0 fully saturated rings. The fourth-order valence-corrected chi connectivity index (χ4v) is 2.08. The van der Waals surface area contributed by atoms with Gasteiger partial charge in [-0.05, 0) is 6.42 Å². The molecule has 0 bridgehead atoms. The number of nitrogens with one attached hydrogen (secondary N) is 1. The Labute approximate surface area is 144 Å². The van der Waals surface area contributed by atoms with Gasteiger partial charge in [0.05, 0.1) is 6.61 Å². The first-order valence-electron chi connectivity index (χ1n) is 7.58. The van der Waals surface area contributed by atoms with Crippen LogP contribution in [0.2, 0.25) is 0 Å². The summed E-state index contributed by atoms with van der Waals surface area (Å²) in [5.41, 5.74) is 0. The molecule has 0 aromatic rings. The molecular weight excluding hydrogens is 340 g/mol. The van der Waals surface area contributed by atoms with Gasteiger partial charge < -0.3 is 40.9 Å². The summed E-state index contributed by atoms with van der Waals surface area (Å²) in [4.78, 5) is 35.0. The van der Waals surface area contributed by atoms with Crippen LogP contribution in [-0.4, -0.2) is 104 Å². The summed E-state index contributed by atoms with van der Waals surface area (Å²) in [5, 5.41) is 58.1. The van der Waals surface area contributed by atoms with Crippen LogP contribution in [0.3, 0.4) is 0 Å². The second-order valence-electron chi connectivity index (χ2n) is 5.70. The summed E-state index contributed by atoms with van der Waals surface area (Å²) in [6.07, 6.45) is -7.52. The molecule has 0 spiro atoms. The molecule has 7 N–H and O–H groups in total. The third-order valence-corrected chi connectivity index (χ3v) is 3.49. The van der Waals surface area contributed by atoms with Crippen molar-refractivity contribution in [2.75, 3.05) is 20.2 Å². The van der Waals surface area contributed by atoms with E-state index in [-0.39, 0.29) is 12.8 Å². The first-order chi connectivity index (χ1) is 11.5. The average molecular weight is 366 g/mol. The van der Waals surface area contributed by atoms with Crippen LogP contribution in [0.5, 0.6) is 0 Å². The van der Waals surface area contributed by atoms with Gasteiger partial charge in [0.2, 0.25) is 11.8 Å². The maximum Gasteiger partial charge on any atom is 0.303 e. The first-order valence-corrected chi connectivity index (χ1v) is 7.58. The number of hydrogen-bond donors (Lipinski definition) is 7. The van der Waals surface area contributed by atoms with Crippen LogP contribution in [-0.2, 0) is 14.4 Å². The summed E-state index contributed by atoms with van der Waals surface area (Å²) in [5.74, 6) is -2.39. The number of hydrogen-bond acceptors (Lipinski definition) is 8. The van der Waals surface area contributed by atoms with Crippen molar-refractivity contribution in [3.8, 4) is 0 Å². The van der Waals surface area contributed by atoms with E-state index in [1.54, 1.807) is 0 Å². The number of aliphatic hydroxyl groups is 5. The van der Waals surface area contributed by atoms with Crippen LogP contribution in [0.15, 0.2) is 0 Å². The Hall–Kier alpha value is -1.79. The lowest BCUT2D eigenvalue weighted by Crippen LogP contribution is -2.53. The van der Waals surface area contributed by atoms with Gasteiger partial charge in [0.1, 0.15) is 30.5 Å². The third-order valence-electron chi connectivity index (χ3n) is 3.49. The Balaban J connectivity index is 4.85. The van der Waals surface area contributed by atoms with Gasteiger partial charge in [0, 0.05) is 26.9 Å². The Morgan fingerprint density at radius 1 is 1.04 bits per heavy atom. The Morgan fingerprint density at radius 2 is 1.56 bits per heavy atom. The molecule has 25 heavy (non-hydrogen) atoms. The van der Waals surface area contributed by atoms with E-state index in [1.165, 1.54) is 7.05 Å². The smallest absolute Gasteiger partial charge is 0.303 e. The first kappa shape index (κ1) is 23.2. The molecule has 0 rings (SSSR count). The molecule has 0 saturated carbocycles. The molecule has 11 heteroatoms. The van der Waals surface area contributed by atoms with Crippen LogP contribution < -0.4 is 5.32 Å². The predicted octanol–water partition coefficient (Wildman–Crippen LogP) is -3.75. The number of likely N-dealkylation sites (N-methyl/N-ethyl adjacent to an activating group) is 1. The molecular formula is C14H26N2O9. The molecule has 0 saturated heterocycles. The number of carbonyl (C=O) groups excluding carboxylic acids is 2. The molecule has 146 valence electrons. The number of nitrogens with zero attached hydrogens (tertiary/aromatic N) is 1. The monoisotopic (exact) mass is 366 g/mol. The van der Waals surface area contributed by atoms with Crippen LogP contribution in [0.25, 0.3) is 0 Å². The van der Waals surface area contributed by atoms with E-state index in [0.29, 0.717) is 0 Å². The normalized spacial score (nSPS) is 17.1. The lowest BCUT2D eigenvalue weighted by molar-refractivity contribution is -0.142. The van der Waals surface area contributed by atoms with Crippen molar-refractivity contribution in [1.29, 1.82) is 0 Å². The minimum atomic E-state index is -1.84. The minimum absolute atomic E-state index is 0.164. The molecule has 2 amide bonds. The SMILES string of the molecule is CC(=O)N[C@@H](CCC(=O)O)C(=O)N(C)CC(O)C(O)C(O)C(O)CO. The summed E-state index contributed by atoms with van der Waals surface area (Å²) in [6.45, 7) is -0.135. The van der Waals surface area contributed by atoms with Gasteiger partial charge in [0.15, 0.2) is 0 Å². The molecule has 0 aliphatic rings. The van der Waals surface area contributed by atoms with Crippen molar-refractivity contribution < 1.29 is 45.0 Å². The molecule has 0 aromatic carbocycles. The number of carboxylic acids is 1. The summed E-state index contributed by atoms with van der Waals surface area (Å²) in [6, 6.07) is -1.13. The average Bonchev–Trinajstić information content (AvgIpc) is 2.54. The van der Waals surface area contributed by atoms with Crippen molar-refractivity contribution in [3.05, 3.63) is 0 Å². The fraction of sp³-hybridized carbons (Fsp3) is 0.786. The topological polar surface area (TPSA) is 188 Å². The number of amides is 2. The lowest BCUT2D eigenvalue weighted by atomic mass is 10.0. The van der Waals surface area contributed by atoms with E-state index in [0.717, 1.165) is 11.8 Å². The van der Waals surface area contributed by atoms with Crippen LogP contribution in [0, 0.1) is 0 Å². The summed E-state index contributed by atoms with van der Waals surface area (Å²) >= 11 is 0. The largest absolute Gasteiger partial charge is 0.481 e. The van der Waals surface area contributed by atoms with Crippen molar-refractivity contribution in [1.82, 2.24) is 10.2 Å². The minimum Gasteiger partial charge on any atom is -0.481 e. The Kier molecular flexibility index (Phi) is 10.2. The standard InChI is InChI=1S/C14H26N2O9/c1-7(18)15-8(3-4-11(21)22)14(25)16(2)5-9(19)12(23)13(24)10(20)6-17/h8-10,12-13,17,19-20,23-24H,3-6H2,1-2H3,(H,15,18)(H,21,22)/t8-,9?,10?,12?,13?/m0/s1. The van der Waals surface area contributed by atoms with E-state index in [9.17, 15) is 34.8 Å². The zero-order valence-electron chi connectivity index (χ0n) is 14.1.